The lowest BCUT2D eigenvalue weighted by molar-refractivity contribution is -0.220. The van der Waals surface area contributed by atoms with Crippen LogP contribution < -0.4 is 5.73 Å². The van der Waals surface area contributed by atoms with E-state index in [4.69, 9.17) is 19.9 Å². The molecule has 0 saturated carbocycles. The standard InChI is InChI=1S/C18H20N2O2.C17H17NO4/c1-18(2)10-21-16(22-11-18)9-15-17-13(7-8-19-15)12-5-3-4-6-14(12)20-17;18-15(9-13-6-7-16(20)14(8-13)10-19)17(21)22-11-12-4-2-1-3-5-12/h3-8,16,20H,9-11H2,1-2H3;1-8,10,15,20H,9,11,18H2. The summed E-state index contributed by atoms with van der Waals surface area (Å²) >= 11 is 0. The number of esters is 1. The average Bonchev–Trinajstić information content (AvgIpc) is 3.42. The van der Waals surface area contributed by atoms with Gasteiger partial charge in [0.15, 0.2) is 12.6 Å². The number of hydrogen-bond acceptors (Lipinski definition) is 8. The highest BCUT2D eigenvalue weighted by atomic mass is 16.7. The number of carbonyl (C=O) groups excluding carboxylic acids is 2. The van der Waals surface area contributed by atoms with Crippen LogP contribution in [0.3, 0.4) is 0 Å². The normalized spacial score (nSPS) is 15.3. The van der Waals surface area contributed by atoms with E-state index in [0.717, 1.165) is 35.5 Å². The van der Waals surface area contributed by atoms with Crippen molar-refractivity contribution >= 4 is 34.1 Å². The molecule has 44 heavy (non-hydrogen) atoms. The van der Waals surface area contributed by atoms with Crippen LogP contribution in [-0.4, -0.2) is 52.9 Å². The molecule has 0 amide bonds. The third-order valence-electron chi connectivity index (χ3n) is 7.39. The molecule has 3 aromatic carbocycles. The molecule has 1 atom stereocenters. The predicted molar refractivity (Wildman–Crippen MR) is 168 cm³/mol. The van der Waals surface area contributed by atoms with Gasteiger partial charge >= 0.3 is 5.97 Å². The van der Waals surface area contributed by atoms with Crippen LogP contribution in [-0.2, 0) is 38.5 Å². The molecule has 9 heteroatoms. The quantitative estimate of drug-likeness (QED) is 0.159. The number of benzene rings is 3. The summed E-state index contributed by atoms with van der Waals surface area (Å²) in [7, 11) is 0. The van der Waals surface area contributed by atoms with E-state index in [-0.39, 0.29) is 36.0 Å². The highest BCUT2D eigenvalue weighted by molar-refractivity contribution is 6.07. The molecule has 1 unspecified atom stereocenters. The van der Waals surface area contributed by atoms with Gasteiger partial charge < -0.3 is 30.0 Å². The number of nitrogens with two attached hydrogens (primary N) is 1. The molecule has 228 valence electrons. The van der Waals surface area contributed by atoms with Crippen molar-refractivity contribution in [1.82, 2.24) is 9.97 Å². The number of aromatic nitrogens is 2. The summed E-state index contributed by atoms with van der Waals surface area (Å²) in [4.78, 5) is 30.7. The molecule has 0 spiro atoms. The largest absolute Gasteiger partial charge is 0.507 e. The maximum absolute atomic E-state index is 11.9. The molecular formula is C35H37N3O6. The van der Waals surface area contributed by atoms with Crippen molar-refractivity contribution in [3.05, 3.63) is 107 Å². The van der Waals surface area contributed by atoms with E-state index in [2.05, 4.69) is 48.1 Å². The fourth-order valence-electron chi connectivity index (χ4n) is 4.99. The monoisotopic (exact) mass is 595 g/mol. The number of hydrogen-bond donors (Lipinski definition) is 3. The van der Waals surface area contributed by atoms with Crippen molar-refractivity contribution in [2.45, 2.75) is 45.6 Å². The van der Waals surface area contributed by atoms with Crippen molar-refractivity contribution in [2.24, 2.45) is 11.1 Å². The molecule has 1 fully saturated rings. The first-order chi connectivity index (χ1) is 21.2. The number of nitrogens with one attached hydrogen (secondary N) is 1. The number of pyridine rings is 1. The van der Waals surface area contributed by atoms with Crippen LogP contribution in [0.5, 0.6) is 5.75 Å². The number of aldehydes is 1. The number of aromatic hydroxyl groups is 1. The lowest BCUT2D eigenvalue weighted by Crippen LogP contribution is -2.38. The molecule has 6 rings (SSSR count). The van der Waals surface area contributed by atoms with E-state index in [1.54, 1.807) is 6.07 Å². The number of H-pyrrole nitrogens is 1. The Hall–Kier alpha value is -4.57. The minimum atomic E-state index is -0.826. The Morgan fingerprint density at radius 3 is 2.52 bits per heavy atom. The average molecular weight is 596 g/mol. The zero-order valence-electron chi connectivity index (χ0n) is 24.9. The summed E-state index contributed by atoms with van der Waals surface area (Å²) < 4.78 is 16.8. The van der Waals surface area contributed by atoms with E-state index in [1.165, 1.54) is 22.9 Å². The van der Waals surface area contributed by atoms with Gasteiger partial charge in [-0.2, -0.15) is 0 Å². The summed E-state index contributed by atoms with van der Waals surface area (Å²) in [5.41, 5.74) is 10.9. The number of carbonyl (C=O) groups is 2. The Morgan fingerprint density at radius 2 is 1.77 bits per heavy atom. The smallest absolute Gasteiger partial charge is 0.323 e. The number of fused-ring (bicyclic) bond motifs is 3. The van der Waals surface area contributed by atoms with E-state index >= 15 is 0 Å². The molecular weight excluding hydrogens is 558 g/mol. The van der Waals surface area contributed by atoms with Gasteiger partial charge in [0.25, 0.3) is 0 Å². The summed E-state index contributed by atoms with van der Waals surface area (Å²) in [5.74, 6) is -0.608. The first-order valence-corrected chi connectivity index (χ1v) is 14.5. The highest BCUT2D eigenvalue weighted by Crippen LogP contribution is 2.29. The van der Waals surface area contributed by atoms with E-state index in [1.807, 2.05) is 42.6 Å². The number of ether oxygens (including phenoxy) is 3. The summed E-state index contributed by atoms with van der Waals surface area (Å²) in [5, 5.41) is 11.9. The van der Waals surface area contributed by atoms with Crippen molar-refractivity contribution in [2.75, 3.05) is 13.2 Å². The minimum Gasteiger partial charge on any atom is -0.507 e. The van der Waals surface area contributed by atoms with Crippen LogP contribution in [0, 0.1) is 5.41 Å². The zero-order chi connectivity index (χ0) is 31.1. The minimum absolute atomic E-state index is 0.0943. The molecule has 0 bridgehead atoms. The van der Waals surface area contributed by atoms with Crippen LogP contribution in [0.15, 0.2) is 85.1 Å². The van der Waals surface area contributed by atoms with Gasteiger partial charge in [-0.05, 0) is 41.8 Å². The summed E-state index contributed by atoms with van der Waals surface area (Å²) in [6.07, 6.45) is 3.11. The molecule has 5 aromatic rings. The second-order valence-electron chi connectivity index (χ2n) is 11.7. The Kier molecular flexibility index (Phi) is 9.69. The second-order valence-corrected chi connectivity index (χ2v) is 11.7. The Morgan fingerprint density at radius 1 is 1.05 bits per heavy atom. The molecule has 1 aliphatic rings. The van der Waals surface area contributed by atoms with Crippen molar-refractivity contribution in [3.8, 4) is 5.75 Å². The number of aromatic amines is 1. The number of rotatable bonds is 8. The fraction of sp³-hybridized carbons (Fsp3) is 0.286. The Bertz CT molecular complexity index is 1720. The summed E-state index contributed by atoms with van der Waals surface area (Å²) in [6.45, 7) is 5.92. The van der Waals surface area contributed by atoms with Crippen LogP contribution >= 0.6 is 0 Å². The van der Waals surface area contributed by atoms with Gasteiger partial charge in [-0.25, -0.2) is 0 Å². The van der Waals surface area contributed by atoms with Gasteiger partial charge in [0.2, 0.25) is 0 Å². The van der Waals surface area contributed by atoms with Gasteiger partial charge in [0.05, 0.1) is 30.0 Å². The molecule has 0 radical (unpaired) electrons. The Balaban J connectivity index is 0.000000175. The topological polar surface area (TPSA) is 137 Å². The Labute approximate surface area is 256 Å². The van der Waals surface area contributed by atoms with Crippen LogP contribution in [0.1, 0.15) is 41.0 Å². The van der Waals surface area contributed by atoms with Crippen molar-refractivity contribution in [3.63, 3.8) is 0 Å². The first kappa shape index (κ1) is 30.9. The van der Waals surface area contributed by atoms with Gasteiger partial charge in [-0.1, -0.05) is 68.4 Å². The lowest BCUT2D eigenvalue weighted by atomic mass is 9.95. The molecule has 3 heterocycles. The summed E-state index contributed by atoms with van der Waals surface area (Å²) in [6, 6.07) is 23.4. The van der Waals surface area contributed by atoms with E-state index < -0.39 is 12.0 Å². The van der Waals surface area contributed by atoms with E-state index in [9.17, 15) is 14.7 Å². The molecule has 9 nitrogen and oxygen atoms in total. The molecule has 4 N–H and O–H groups in total. The second kappa shape index (κ2) is 13.8. The number of nitrogens with zero attached hydrogens (tertiary/aromatic N) is 1. The molecule has 0 aliphatic carbocycles. The van der Waals surface area contributed by atoms with Crippen LogP contribution in [0.4, 0.5) is 0 Å². The van der Waals surface area contributed by atoms with Crippen molar-refractivity contribution in [1.29, 1.82) is 0 Å². The number of phenols is 1. The first-order valence-electron chi connectivity index (χ1n) is 14.5. The third-order valence-corrected chi connectivity index (χ3v) is 7.39. The maximum atomic E-state index is 11.9. The zero-order valence-corrected chi connectivity index (χ0v) is 24.9. The maximum Gasteiger partial charge on any atom is 0.323 e. The SMILES string of the molecule is CC1(C)COC(Cc2nccc3c2[nH]c2ccccc23)OC1.NC(Cc1ccc(O)c(C=O)c1)C(=O)OCc1ccccc1. The van der Waals surface area contributed by atoms with E-state index in [0.29, 0.717) is 18.3 Å². The fourth-order valence-corrected chi connectivity index (χ4v) is 4.99. The van der Waals surface area contributed by atoms with Gasteiger partial charge in [-0.15, -0.1) is 0 Å². The molecule has 1 aliphatic heterocycles. The molecule has 1 saturated heterocycles. The van der Waals surface area contributed by atoms with Gasteiger partial charge in [0, 0.05) is 34.3 Å². The highest BCUT2D eigenvalue weighted by Gasteiger charge is 2.29. The number of para-hydroxylation sites is 1. The van der Waals surface area contributed by atoms with Crippen LogP contribution in [0.25, 0.3) is 21.8 Å². The van der Waals surface area contributed by atoms with Gasteiger partial charge in [0.1, 0.15) is 18.4 Å². The lowest BCUT2D eigenvalue weighted by Gasteiger charge is -2.34. The van der Waals surface area contributed by atoms with Crippen LogP contribution in [0.2, 0.25) is 0 Å². The van der Waals surface area contributed by atoms with Crippen molar-refractivity contribution < 1.29 is 28.9 Å². The van der Waals surface area contributed by atoms with Gasteiger partial charge in [-0.3, -0.25) is 14.6 Å². The predicted octanol–water partition coefficient (Wildman–Crippen LogP) is 5.48. The molecule has 2 aromatic heterocycles. The third kappa shape index (κ3) is 7.68. The number of phenolic OH excluding ortho intramolecular Hbond substituents is 1.